The van der Waals surface area contributed by atoms with Gasteiger partial charge in [-0.05, 0) is 43.7 Å². The summed E-state index contributed by atoms with van der Waals surface area (Å²) in [6, 6.07) is 6.98. The van der Waals surface area contributed by atoms with Crippen LogP contribution in [0.2, 0.25) is 0 Å². The molecule has 226 valence electrons. The third-order valence-corrected chi connectivity index (χ3v) is 8.02. The Morgan fingerprint density at radius 3 is 2.24 bits per heavy atom. The Bertz CT molecular complexity index is 1530. The van der Waals surface area contributed by atoms with Gasteiger partial charge in [0.15, 0.2) is 5.82 Å². The number of ether oxygens (including phenoxy) is 1. The van der Waals surface area contributed by atoms with Crippen molar-refractivity contribution in [3.63, 3.8) is 0 Å². The lowest BCUT2D eigenvalue weighted by Crippen LogP contribution is -2.35. The summed E-state index contributed by atoms with van der Waals surface area (Å²) in [6.45, 7) is 4.75. The van der Waals surface area contributed by atoms with Gasteiger partial charge in [-0.15, -0.1) is 0 Å². The Hall–Kier alpha value is -4.53. The van der Waals surface area contributed by atoms with Gasteiger partial charge in [0, 0.05) is 46.7 Å². The zero-order valence-corrected chi connectivity index (χ0v) is 24.5. The number of hydrogen-bond acceptors (Lipinski definition) is 9. The lowest BCUT2D eigenvalue weighted by atomic mass is 10.1. The standard InChI is InChI=1S/C27H32F2N6O6S/c1-6-35(7-2)26-30-16-22(34(5)42(39,40)23-13-10-18(28)15-20(23)29)24(32-26)31-21(25(36)37)14-17-8-11-19(12-9-17)41-27(38)33(3)4/h8-13,15-16,21H,6-7,14H2,1-5H3,(H,36,37)(H,30,31,32). The highest BCUT2D eigenvalue weighted by atomic mass is 32.2. The fraction of sp³-hybridized carbons (Fsp3) is 0.333. The van der Waals surface area contributed by atoms with Crippen molar-refractivity contribution < 1.29 is 36.6 Å². The van der Waals surface area contributed by atoms with Gasteiger partial charge in [0.1, 0.15) is 34.0 Å². The number of sulfonamides is 1. The summed E-state index contributed by atoms with van der Waals surface area (Å²) in [5.74, 6) is -3.16. The molecule has 1 aromatic heterocycles. The van der Waals surface area contributed by atoms with Gasteiger partial charge in [-0.2, -0.15) is 4.98 Å². The van der Waals surface area contributed by atoms with Crippen molar-refractivity contribution in [3.8, 4) is 5.75 Å². The maximum Gasteiger partial charge on any atom is 0.414 e. The van der Waals surface area contributed by atoms with Crippen LogP contribution in [0.5, 0.6) is 5.75 Å². The molecule has 12 nitrogen and oxygen atoms in total. The number of carbonyl (C=O) groups is 2. The minimum atomic E-state index is -4.58. The first-order valence-electron chi connectivity index (χ1n) is 12.8. The summed E-state index contributed by atoms with van der Waals surface area (Å²) in [7, 11) is -0.382. The fourth-order valence-electron chi connectivity index (χ4n) is 3.81. The average molecular weight is 607 g/mol. The van der Waals surface area contributed by atoms with Gasteiger partial charge < -0.3 is 25.0 Å². The zero-order chi connectivity index (χ0) is 31.2. The second kappa shape index (κ2) is 13.4. The Morgan fingerprint density at radius 1 is 1.05 bits per heavy atom. The molecular formula is C27H32F2N6O6S. The van der Waals surface area contributed by atoms with E-state index >= 15 is 0 Å². The summed E-state index contributed by atoms with van der Waals surface area (Å²) in [5, 5.41) is 12.8. The number of amides is 1. The number of halogens is 2. The fourth-order valence-corrected chi connectivity index (χ4v) is 5.04. The molecule has 15 heteroatoms. The molecule has 0 bridgehead atoms. The smallest absolute Gasteiger partial charge is 0.414 e. The van der Waals surface area contributed by atoms with E-state index in [-0.39, 0.29) is 29.6 Å². The van der Waals surface area contributed by atoms with Crippen molar-refractivity contribution >= 4 is 39.5 Å². The molecule has 42 heavy (non-hydrogen) atoms. The van der Waals surface area contributed by atoms with Crippen LogP contribution in [0.1, 0.15) is 19.4 Å². The Morgan fingerprint density at radius 2 is 1.69 bits per heavy atom. The number of aromatic nitrogens is 2. The summed E-state index contributed by atoms with van der Waals surface area (Å²) < 4.78 is 60.5. The molecule has 1 heterocycles. The summed E-state index contributed by atoms with van der Waals surface area (Å²) in [6.07, 6.45) is 0.548. The largest absolute Gasteiger partial charge is 0.480 e. The normalized spacial score (nSPS) is 11.9. The number of nitrogens with one attached hydrogen (secondary N) is 1. The number of hydrogen-bond donors (Lipinski definition) is 2. The molecule has 0 saturated carbocycles. The van der Waals surface area contributed by atoms with E-state index in [2.05, 4.69) is 15.3 Å². The minimum absolute atomic E-state index is 0.0651. The summed E-state index contributed by atoms with van der Waals surface area (Å²) in [4.78, 5) is 35.0. The van der Waals surface area contributed by atoms with Crippen LogP contribution in [0.15, 0.2) is 53.6 Å². The molecule has 0 saturated heterocycles. The molecule has 0 aliphatic heterocycles. The number of rotatable bonds is 12. The molecule has 3 rings (SSSR count). The lowest BCUT2D eigenvalue weighted by Gasteiger charge is -2.26. The van der Waals surface area contributed by atoms with Gasteiger partial charge in [-0.3, -0.25) is 4.31 Å². The van der Waals surface area contributed by atoms with Crippen molar-refractivity contribution in [1.29, 1.82) is 0 Å². The van der Waals surface area contributed by atoms with E-state index in [1.54, 1.807) is 17.0 Å². The number of nitrogens with zero attached hydrogens (tertiary/aromatic N) is 5. The Balaban J connectivity index is 1.99. The molecule has 1 unspecified atom stereocenters. The van der Waals surface area contributed by atoms with Gasteiger partial charge in [0.2, 0.25) is 5.95 Å². The highest BCUT2D eigenvalue weighted by Crippen LogP contribution is 2.31. The van der Waals surface area contributed by atoms with Crippen LogP contribution in [0.4, 0.5) is 31.0 Å². The highest BCUT2D eigenvalue weighted by molar-refractivity contribution is 7.92. The molecule has 3 aromatic rings. The van der Waals surface area contributed by atoms with E-state index < -0.39 is 44.7 Å². The second-order valence-electron chi connectivity index (χ2n) is 9.27. The SMILES string of the molecule is CCN(CC)c1ncc(N(C)S(=O)(=O)c2ccc(F)cc2F)c(NC(Cc2ccc(OC(=O)N(C)C)cc2)C(=O)O)n1. The summed E-state index contributed by atoms with van der Waals surface area (Å²) >= 11 is 0. The third-order valence-electron chi connectivity index (χ3n) is 6.22. The number of carboxylic acid groups (broad SMARTS) is 1. The quantitative estimate of drug-likeness (QED) is 0.314. The van der Waals surface area contributed by atoms with Crippen molar-refractivity contribution in [2.24, 2.45) is 0 Å². The van der Waals surface area contributed by atoms with Gasteiger partial charge in [-0.25, -0.2) is 31.8 Å². The van der Waals surface area contributed by atoms with E-state index in [9.17, 15) is 31.9 Å². The minimum Gasteiger partial charge on any atom is -0.480 e. The van der Waals surface area contributed by atoms with Crippen LogP contribution in [0, 0.1) is 11.6 Å². The van der Waals surface area contributed by atoms with Gasteiger partial charge >= 0.3 is 12.1 Å². The monoisotopic (exact) mass is 606 g/mol. The molecule has 1 amide bonds. The lowest BCUT2D eigenvalue weighted by molar-refractivity contribution is -0.137. The van der Waals surface area contributed by atoms with Crippen molar-refractivity contribution in [2.45, 2.75) is 31.2 Å². The van der Waals surface area contributed by atoms with Gasteiger partial charge in [0.25, 0.3) is 10.0 Å². The number of benzene rings is 2. The number of aliphatic carboxylic acids is 1. The van der Waals surface area contributed by atoms with E-state index in [1.807, 2.05) is 13.8 Å². The molecule has 0 radical (unpaired) electrons. The van der Waals surface area contributed by atoms with E-state index in [0.29, 0.717) is 29.0 Å². The molecule has 0 aliphatic carbocycles. The molecule has 0 aliphatic rings. The number of carboxylic acids is 1. The molecule has 1 atom stereocenters. The van der Waals surface area contributed by atoms with Crippen LogP contribution >= 0.6 is 0 Å². The number of carbonyl (C=O) groups excluding carboxylic acids is 1. The van der Waals surface area contributed by atoms with Crippen LogP contribution in [0.25, 0.3) is 0 Å². The molecule has 0 fully saturated rings. The topological polar surface area (TPSA) is 145 Å². The molecule has 2 N–H and O–H groups in total. The predicted octanol–water partition coefficient (Wildman–Crippen LogP) is 3.59. The molecular weight excluding hydrogens is 574 g/mol. The predicted molar refractivity (Wildman–Crippen MR) is 152 cm³/mol. The first-order chi connectivity index (χ1) is 19.8. The molecule has 0 spiro atoms. The van der Waals surface area contributed by atoms with Crippen LogP contribution in [-0.4, -0.2) is 80.7 Å². The number of anilines is 3. The van der Waals surface area contributed by atoms with Crippen LogP contribution < -0.4 is 19.3 Å². The van der Waals surface area contributed by atoms with Crippen molar-refractivity contribution in [1.82, 2.24) is 14.9 Å². The first-order valence-corrected chi connectivity index (χ1v) is 14.3. The first kappa shape index (κ1) is 32.0. The maximum absolute atomic E-state index is 14.5. The molecule has 2 aromatic carbocycles. The third kappa shape index (κ3) is 7.40. The van der Waals surface area contributed by atoms with Crippen LogP contribution in [-0.2, 0) is 21.2 Å². The van der Waals surface area contributed by atoms with Crippen molar-refractivity contribution in [3.05, 3.63) is 65.9 Å². The average Bonchev–Trinajstić information content (AvgIpc) is 2.93. The summed E-state index contributed by atoms with van der Waals surface area (Å²) in [5.41, 5.74) is 0.403. The van der Waals surface area contributed by atoms with E-state index in [1.165, 1.54) is 37.3 Å². The van der Waals surface area contributed by atoms with Gasteiger partial charge in [-0.1, -0.05) is 12.1 Å². The van der Waals surface area contributed by atoms with Crippen molar-refractivity contribution in [2.75, 3.05) is 48.8 Å². The highest BCUT2D eigenvalue weighted by Gasteiger charge is 2.30. The van der Waals surface area contributed by atoms with Crippen LogP contribution in [0.3, 0.4) is 0 Å². The second-order valence-corrected chi connectivity index (χ2v) is 11.2. The maximum atomic E-state index is 14.5. The van der Waals surface area contributed by atoms with E-state index in [4.69, 9.17) is 4.74 Å². The zero-order valence-electron chi connectivity index (χ0n) is 23.7. The van der Waals surface area contributed by atoms with Gasteiger partial charge in [0.05, 0.1) is 6.20 Å². The Kier molecular flexibility index (Phi) is 10.2. The Labute approximate surface area is 242 Å². The van der Waals surface area contributed by atoms with E-state index in [0.717, 1.165) is 19.2 Å².